The van der Waals surface area contributed by atoms with E-state index in [0.29, 0.717) is 0 Å². The number of carbonyl (C=O) groups is 1. The molecule has 0 bridgehead atoms. The maximum absolute atomic E-state index is 10.6. The van der Waals surface area contributed by atoms with E-state index in [0.717, 1.165) is 12.8 Å². The van der Waals surface area contributed by atoms with Crippen molar-refractivity contribution in [3.05, 3.63) is 12.0 Å². The summed E-state index contributed by atoms with van der Waals surface area (Å²) in [5, 5.41) is 9.21. The van der Waals surface area contributed by atoms with Gasteiger partial charge in [-0.2, -0.15) is 0 Å². The van der Waals surface area contributed by atoms with Gasteiger partial charge in [0.05, 0.1) is 0 Å². The Morgan fingerprint density at radius 1 is 0.889 bits per heavy atom. The normalized spacial score (nSPS) is 11.2. The molecule has 0 aliphatic rings. The summed E-state index contributed by atoms with van der Waals surface area (Å²) in [7, 11) is -5.17. The number of esters is 1. The molecule has 0 atom stereocenters. The number of carbonyl (C=O) groups excluding carboxylic acids is 1. The number of aliphatic hydroxyl groups is 1. The third kappa shape index (κ3) is 41.4. The zero-order valence-corrected chi connectivity index (χ0v) is 19.9. The third-order valence-corrected chi connectivity index (χ3v) is 3.62. The molecule has 0 fully saturated rings. The van der Waals surface area contributed by atoms with Crippen LogP contribution >= 0.6 is 0 Å². The number of ether oxygens (including phenoxy) is 1. The van der Waals surface area contributed by atoms with Gasteiger partial charge < -0.3 is 18.9 Å². The summed E-state index contributed by atoms with van der Waals surface area (Å²) in [6, 6.07) is 0. The van der Waals surface area contributed by atoms with Crippen molar-refractivity contribution in [3.63, 3.8) is 0 Å². The quantitative estimate of drug-likeness (QED) is 0.114. The Bertz CT molecular complexity index is 456. The van der Waals surface area contributed by atoms with Crippen molar-refractivity contribution >= 4 is 16.4 Å². The molecule has 0 saturated carbocycles. The van der Waals surface area contributed by atoms with Gasteiger partial charge in [-0.15, -0.1) is 0 Å². The first-order valence-electron chi connectivity index (χ1n) is 9.41. The van der Waals surface area contributed by atoms with Gasteiger partial charge in [0.1, 0.15) is 0 Å². The standard InChI is InChI=1S/C18H34O3.Na.H2O4S/c1-3-4-5-6-7-8-9-10-11-12-13-14-15-16-18(20)21-17(2)19;;1-5(2,3)4/h16,20H,3-15H2,1-2H3;;(H2,1,2,3,4)/q;+1;/p-2/b18-16+;;. The molecule has 0 amide bonds. The number of aliphatic hydroxyl groups excluding tert-OH is 1. The smallest absolute Gasteiger partial charge is 0.759 e. The molecule has 0 unspecified atom stereocenters. The van der Waals surface area contributed by atoms with E-state index >= 15 is 0 Å². The molecule has 9 heteroatoms. The molecule has 0 saturated heterocycles. The summed E-state index contributed by atoms with van der Waals surface area (Å²) >= 11 is 0. The van der Waals surface area contributed by atoms with Gasteiger partial charge in [0.2, 0.25) is 0 Å². The average Bonchev–Trinajstić information content (AvgIpc) is 2.49. The number of allylic oxidation sites excluding steroid dienone is 1. The Morgan fingerprint density at radius 2 is 1.22 bits per heavy atom. The first-order chi connectivity index (χ1) is 12.2. The largest absolute Gasteiger partial charge is 1.00 e. The molecule has 0 rings (SSSR count). The van der Waals surface area contributed by atoms with Crippen molar-refractivity contribution in [3.8, 4) is 0 Å². The molecular weight excluding hydrogens is 383 g/mol. The first kappa shape index (κ1) is 31.6. The maximum Gasteiger partial charge on any atom is 1.00 e. The van der Waals surface area contributed by atoms with Crippen LogP contribution in [0.4, 0.5) is 0 Å². The minimum absolute atomic E-state index is 0. The van der Waals surface area contributed by atoms with E-state index in [1.54, 1.807) is 6.08 Å². The molecule has 27 heavy (non-hydrogen) atoms. The van der Waals surface area contributed by atoms with Crippen LogP contribution in [0.5, 0.6) is 0 Å². The average molecular weight is 418 g/mol. The molecule has 0 aliphatic heterocycles. The van der Waals surface area contributed by atoms with Gasteiger partial charge in [-0.1, -0.05) is 77.6 Å². The fourth-order valence-electron chi connectivity index (χ4n) is 2.40. The van der Waals surface area contributed by atoms with Gasteiger partial charge in [0.25, 0.3) is 5.95 Å². The molecule has 0 aromatic rings. The molecular formula is C18H34NaO7S-. The predicted octanol–water partition coefficient (Wildman–Crippen LogP) is 1.71. The zero-order chi connectivity index (χ0) is 20.3. The Kier molecular flexibility index (Phi) is 25.9. The summed E-state index contributed by atoms with van der Waals surface area (Å²) in [6.45, 7) is 3.54. The van der Waals surface area contributed by atoms with Gasteiger partial charge in [-0.3, -0.25) is 13.2 Å². The number of hydrogen-bond donors (Lipinski definition) is 1. The van der Waals surface area contributed by atoms with Gasteiger partial charge in [0, 0.05) is 17.3 Å². The minimum Gasteiger partial charge on any atom is -0.759 e. The maximum atomic E-state index is 10.6. The Balaban J connectivity index is -0.000000844. The topological polar surface area (TPSA) is 127 Å². The zero-order valence-electron chi connectivity index (χ0n) is 17.1. The van der Waals surface area contributed by atoms with Crippen LogP contribution in [0, 0.1) is 0 Å². The Morgan fingerprint density at radius 3 is 1.56 bits per heavy atom. The number of hydrogen-bond acceptors (Lipinski definition) is 7. The number of rotatable bonds is 14. The van der Waals surface area contributed by atoms with Gasteiger partial charge in [0.15, 0.2) is 0 Å². The van der Waals surface area contributed by atoms with E-state index in [9.17, 15) is 9.90 Å². The van der Waals surface area contributed by atoms with Crippen molar-refractivity contribution in [2.24, 2.45) is 0 Å². The Hall–Kier alpha value is -0.120. The second-order valence-corrected chi connectivity index (χ2v) is 7.04. The van der Waals surface area contributed by atoms with Crippen LogP contribution in [0.1, 0.15) is 97.3 Å². The van der Waals surface area contributed by atoms with E-state index in [4.69, 9.17) is 17.5 Å². The van der Waals surface area contributed by atoms with E-state index in [2.05, 4.69) is 11.7 Å². The summed E-state index contributed by atoms with van der Waals surface area (Å²) in [5.41, 5.74) is 0. The molecule has 1 N–H and O–H groups in total. The van der Waals surface area contributed by atoms with Gasteiger partial charge in [-0.25, -0.2) is 0 Å². The molecule has 156 valence electrons. The first-order valence-corrected chi connectivity index (χ1v) is 10.7. The fraction of sp³-hybridized carbons (Fsp3) is 0.833. The Labute approximate surface area is 186 Å². The third-order valence-electron chi connectivity index (χ3n) is 3.62. The van der Waals surface area contributed by atoms with Crippen LogP contribution in [-0.2, 0) is 19.9 Å². The molecule has 0 heterocycles. The predicted molar refractivity (Wildman–Crippen MR) is 98.6 cm³/mol. The molecule has 0 radical (unpaired) electrons. The van der Waals surface area contributed by atoms with Gasteiger partial charge >= 0.3 is 35.5 Å². The molecule has 0 aromatic heterocycles. The molecule has 0 aromatic carbocycles. The van der Waals surface area contributed by atoms with Crippen molar-refractivity contribution in [1.82, 2.24) is 0 Å². The van der Waals surface area contributed by atoms with Crippen LogP contribution < -0.4 is 29.6 Å². The minimum atomic E-state index is -5.17. The van der Waals surface area contributed by atoms with E-state index < -0.39 is 16.4 Å². The van der Waals surface area contributed by atoms with Crippen LogP contribution in [0.25, 0.3) is 0 Å². The van der Waals surface area contributed by atoms with E-state index in [1.165, 1.54) is 77.6 Å². The molecule has 0 aliphatic carbocycles. The van der Waals surface area contributed by atoms with E-state index in [-0.39, 0.29) is 35.5 Å². The van der Waals surface area contributed by atoms with Crippen LogP contribution in [0.2, 0.25) is 0 Å². The van der Waals surface area contributed by atoms with Gasteiger partial charge in [-0.05, 0) is 18.9 Å². The SMILES string of the molecule is CCCCCCCCCCCCCC/C=C(\O)OC(C)=O.O=S(=O)([O-])[O-].[Na+]. The monoisotopic (exact) mass is 417 g/mol. The molecule has 0 spiro atoms. The summed E-state index contributed by atoms with van der Waals surface area (Å²) in [4.78, 5) is 10.6. The van der Waals surface area contributed by atoms with Crippen LogP contribution in [0.15, 0.2) is 12.0 Å². The second kappa shape index (κ2) is 22.2. The second-order valence-electron chi connectivity index (χ2n) is 6.22. The summed E-state index contributed by atoms with van der Waals surface area (Å²) in [5.74, 6) is -0.732. The summed E-state index contributed by atoms with van der Waals surface area (Å²) < 4.78 is 38.6. The molecule has 7 nitrogen and oxygen atoms in total. The van der Waals surface area contributed by atoms with Crippen molar-refractivity contribution in [2.75, 3.05) is 0 Å². The van der Waals surface area contributed by atoms with Crippen LogP contribution in [-0.4, -0.2) is 28.6 Å². The van der Waals surface area contributed by atoms with Crippen molar-refractivity contribution in [1.29, 1.82) is 0 Å². The van der Waals surface area contributed by atoms with Crippen LogP contribution in [0.3, 0.4) is 0 Å². The van der Waals surface area contributed by atoms with Crippen molar-refractivity contribution < 1.29 is 61.7 Å². The summed E-state index contributed by atoms with van der Waals surface area (Å²) in [6.07, 6.45) is 18.2. The van der Waals surface area contributed by atoms with Crippen molar-refractivity contribution in [2.45, 2.75) is 97.3 Å². The number of unbranched alkanes of at least 4 members (excludes halogenated alkanes) is 12. The fourth-order valence-corrected chi connectivity index (χ4v) is 2.40. The van der Waals surface area contributed by atoms with E-state index in [1.807, 2.05) is 0 Å².